The number of fused-ring (bicyclic) bond motifs is 2. The summed E-state index contributed by atoms with van der Waals surface area (Å²) in [7, 11) is 0. The van der Waals surface area contributed by atoms with Crippen LogP contribution in [0.4, 0.5) is 0 Å². The number of rotatable bonds is 3. The van der Waals surface area contributed by atoms with Crippen LogP contribution in [0.1, 0.15) is 11.3 Å². The minimum Gasteiger partial charge on any atom is -0.334 e. The smallest absolute Gasteiger partial charge is 0.197 e. The fraction of sp³-hybridized carbons (Fsp3) is 0.0870. The molecule has 0 saturated heterocycles. The summed E-state index contributed by atoms with van der Waals surface area (Å²) in [4.78, 5) is 12.9. The molecule has 0 aliphatic rings. The summed E-state index contributed by atoms with van der Waals surface area (Å²) in [5.74, 6) is 0. The van der Waals surface area contributed by atoms with Gasteiger partial charge in [-0.05, 0) is 43.3 Å². The zero-order valence-electron chi connectivity index (χ0n) is 15.4. The first-order valence-electron chi connectivity index (χ1n) is 9.19. The molecule has 0 spiro atoms. The monoisotopic (exact) mass is 366 g/mol. The summed E-state index contributed by atoms with van der Waals surface area (Å²) in [5.41, 5.74) is 4.87. The Kier molecular flexibility index (Phi) is 3.79. The van der Waals surface area contributed by atoms with Crippen molar-refractivity contribution in [3.63, 3.8) is 0 Å². The van der Waals surface area contributed by atoms with Crippen molar-refractivity contribution in [3.05, 3.63) is 100 Å². The Morgan fingerprint density at radius 1 is 0.821 bits per heavy atom. The van der Waals surface area contributed by atoms with E-state index in [2.05, 4.69) is 33.9 Å². The first-order chi connectivity index (χ1) is 13.7. The lowest BCUT2D eigenvalue weighted by Crippen LogP contribution is -2.12. The van der Waals surface area contributed by atoms with Crippen molar-refractivity contribution in [2.45, 2.75) is 13.5 Å². The van der Waals surface area contributed by atoms with Gasteiger partial charge in [-0.1, -0.05) is 47.2 Å². The van der Waals surface area contributed by atoms with Gasteiger partial charge in [-0.3, -0.25) is 4.79 Å². The topological polar surface area (TPSA) is 52.7 Å². The summed E-state index contributed by atoms with van der Waals surface area (Å²) in [6.07, 6.45) is 1.94. The molecule has 0 radical (unpaired) electrons. The molecule has 3 aromatic carbocycles. The Morgan fingerprint density at radius 3 is 2.07 bits per heavy atom. The van der Waals surface area contributed by atoms with Crippen molar-refractivity contribution in [2.24, 2.45) is 0 Å². The maximum atomic E-state index is 12.9. The lowest BCUT2D eigenvalue weighted by atomic mass is 10.1. The Bertz CT molecular complexity index is 1300. The van der Waals surface area contributed by atoms with Crippen LogP contribution in [0, 0.1) is 6.92 Å². The van der Waals surface area contributed by atoms with Gasteiger partial charge < -0.3 is 4.57 Å². The predicted octanol–water partition coefficient (Wildman–Crippen LogP) is 4.09. The van der Waals surface area contributed by atoms with Crippen LogP contribution in [0.2, 0.25) is 0 Å². The molecular weight excluding hydrogens is 348 g/mol. The molecule has 5 heteroatoms. The molecular formula is C23H18N4O. The largest absolute Gasteiger partial charge is 0.334 e. The van der Waals surface area contributed by atoms with Gasteiger partial charge in [0.25, 0.3) is 0 Å². The van der Waals surface area contributed by atoms with Crippen LogP contribution in [0.15, 0.2) is 83.8 Å². The summed E-state index contributed by atoms with van der Waals surface area (Å²) in [5, 5.41) is 10.1. The molecule has 5 nitrogen and oxygen atoms in total. The fourth-order valence-corrected chi connectivity index (χ4v) is 3.60. The molecule has 0 bridgehead atoms. The van der Waals surface area contributed by atoms with E-state index in [0.717, 1.165) is 22.4 Å². The van der Waals surface area contributed by atoms with Crippen molar-refractivity contribution in [2.75, 3.05) is 0 Å². The maximum Gasteiger partial charge on any atom is 0.197 e. The van der Waals surface area contributed by atoms with E-state index in [0.29, 0.717) is 17.3 Å². The number of hydrogen-bond acceptors (Lipinski definition) is 3. The highest BCUT2D eigenvalue weighted by Crippen LogP contribution is 2.20. The second-order valence-corrected chi connectivity index (χ2v) is 6.94. The Balaban J connectivity index is 1.65. The van der Waals surface area contributed by atoms with Gasteiger partial charge in [0.15, 0.2) is 5.43 Å². The molecule has 0 atom stereocenters. The zero-order chi connectivity index (χ0) is 19.1. The van der Waals surface area contributed by atoms with E-state index in [4.69, 9.17) is 0 Å². The molecule has 28 heavy (non-hydrogen) atoms. The third-order valence-electron chi connectivity index (χ3n) is 5.04. The standard InChI is InChI=1S/C23H18N4O/c1-16-10-12-18(13-11-16)27-15-17(24-25-27)14-26-21-8-4-2-6-19(21)23(28)20-7-3-5-9-22(20)26/h2-13,15H,14H2,1H3. The van der Waals surface area contributed by atoms with Crippen LogP contribution in [-0.4, -0.2) is 19.6 Å². The minimum absolute atomic E-state index is 0.0609. The third kappa shape index (κ3) is 2.68. The van der Waals surface area contributed by atoms with Crippen LogP contribution in [0.25, 0.3) is 27.5 Å². The number of benzene rings is 3. The second kappa shape index (κ2) is 6.46. The van der Waals surface area contributed by atoms with E-state index in [-0.39, 0.29) is 5.43 Å². The molecule has 0 aliphatic heterocycles. The van der Waals surface area contributed by atoms with Crippen molar-refractivity contribution in [1.29, 1.82) is 0 Å². The highest BCUT2D eigenvalue weighted by atomic mass is 16.1. The molecule has 0 amide bonds. The van der Waals surface area contributed by atoms with Crippen molar-refractivity contribution in [1.82, 2.24) is 19.6 Å². The molecule has 5 aromatic rings. The first kappa shape index (κ1) is 16.4. The average Bonchev–Trinajstić information content (AvgIpc) is 3.20. The molecule has 0 unspecified atom stereocenters. The van der Waals surface area contributed by atoms with E-state index in [1.807, 2.05) is 66.9 Å². The molecule has 2 heterocycles. The molecule has 0 fully saturated rings. The van der Waals surface area contributed by atoms with Gasteiger partial charge in [0.1, 0.15) is 5.69 Å². The number of pyridine rings is 1. The normalized spacial score (nSPS) is 11.3. The lowest BCUT2D eigenvalue weighted by Gasteiger charge is -2.13. The summed E-state index contributed by atoms with van der Waals surface area (Å²) < 4.78 is 3.91. The Hall–Kier alpha value is -3.73. The van der Waals surface area contributed by atoms with Gasteiger partial charge >= 0.3 is 0 Å². The van der Waals surface area contributed by atoms with E-state index in [9.17, 15) is 4.79 Å². The van der Waals surface area contributed by atoms with E-state index >= 15 is 0 Å². The Labute approximate surface area is 161 Å². The van der Waals surface area contributed by atoms with Gasteiger partial charge in [0, 0.05) is 10.8 Å². The van der Waals surface area contributed by atoms with Gasteiger partial charge in [0.2, 0.25) is 0 Å². The van der Waals surface area contributed by atoms with Crippen LogP contribution in [0.5, 0.6) is 0 Å². The van der Waals surface area contributed by atoms with Crippen molar-refractivity contribution in [3.8, 4) is 5.69 Å². The fourth-order valence-electron chi connectivity index (χ4n) is 3.60. The Morgan fingerprint density at radius 2 is 1.43 bits per heavy atom. The zero-order valence-corrected chi connectivity index (χ0v) is 15.4. The van der Waals surface area contributed by atoms with E-state index in [1.54, 1.807) is 4.68 Å². The SMILES string of the molecule is Cc1ccc(-n2cc(Cn3c4ccccc4c(=O)c4ccccc43)nn2)cc1. The van der Waals surface area contributed by atoms with Crippen LogP contribution < -0.4 is 5.43 Å². The third-order valence-corrected chi connectivity index (χ3v) is 5.04. The number of para-hydroxylation sites is 2. The van der Waals surface area contributed by atoms with Gasteiger partial charge in [-0.25, -0.2) is 4.68 Å². The number of nitrogens with zero attached hydrogens (tertiary/aromatic N) is 4. The minimum atomic E-state index is 0.0609. The van der Waals surface area contributed by atoms with Crippen LogP contribution in [0.3, 0.4) is 0 Å². The van der Waals surface area contributed by atoms with Crippen LogP contribution in [-0.2, 0) is 6.54 Å². The molecule has 0 N–H and O–H groups in total. The van der Waals surface area contributed by atoms with E-state index < -0.39 is 0 Å². The van der Waals surface area contributed by atoms with Gasteiger partial charge in [-0.2, -0.15) is 0 Å². The lowest BCUT2D eigenvalue weighted by molar-refractivity contribution is 0.782. The summed E-state index contributed by atoms with van der Waals surface area (Å²) >= 11 is 0. The predicted molar refractivity (Wildman–Crippen MR) is 111 cm³/mol. The number of aromatic nitrogens is 4. The summed E-state index contributed by atoms with van der Waals surface area (Å²) in [6.45, 7) is 2.59. The molecule has 2 aromatic heterocycles. The van der Waals surface area contributed by atoms with Gasteiger partial charge in [-0.15, -0.1) is 5.10 Å². The van der Waals surface area contributed by atoms with Crippen molar-refractivity contribution >= 4 is 21.8 Å². The van der Waals surface area contributed by atoms with Crippen molar-refractivity contribution < 1.29 is 0 Å². The molecule has 136 valence electrons. The second-order valence-electron chi connectivity index (χ2n) is 6.94. The maximum absolute atomic E-state index is 12.9. The molecule has 0 saturated carbocycles. The quantitative estimate of drug-likeness (QED) is 0.452. The van der Waals surface area contributed by atoms with Crippen LogP contribution >= 0.6 is 0 Å². The first-order valence-corrected chi connectivity index (χ1v) is 9.19. The number of hydrogen-bond donors (Lipinski definition) is 0. The molecule has 5 rings (SSSR count). The highest BCUT2D eigenvalue weighted by molar-refractivity contribution is 5.93. The van der Waals surface area contributed by atoms with E-state index in [1.165, 1.54) is 5.56 Å². The average molecular weight is 366 g/mol. The van der Waals surface area contributed by atoms with Gasteiger partial charge in [0.05, 0.1) is 29.5 Å². The molecule has 0 aliphatic carbocycles. The summed E-state index contributed by atoms with van der Waals surface area (Å²) in [6, 6.07) is 23.6. The highest BCUT2D eigenvalue weighted by Gasteiger charge is 2.12. The number of aryl methyl sites for hydroxylation is 1.